The van der Waals surface area contributed by atoms with Crippen LogP contribution in [0.4, 0.5) is 0 Å². The van der Waals surface area contributed by atoms with Gasteiger partial charge in [-0.3, -0.25) is 0 Å². The molecule has 0 aromatic heterocycles. The molecular weight excluding hydrogens is 300 g/mol. The molecule has 0 saturated heterocycles. The topological polar surface area (TPSA) is 0 Å². The van der Waals surface area contributed by atoms with Gasteiger partial charge in [-0.15, -0.1) is 6.58 Å². The predicted molar refractivity (Wildman–Crippen MR) is 106 cm³/mol. The van der Waals surface area contributed by atoms with E-state index in [0.717, 1.165) is 6.42 Å². The van der Waals surface area contributed by atoms with Crippen LogP contribution in [-0.4, -0.2) is 0 Å². The van der Waals surface area contributed by atoms with Crippen molar-refractivity contribution in [3.63, 3.8) is 0 Å². The lowest BCUT2D eigenvalue weighted by Gasteiger charge is -2.17. The first-order valence-electron chi connectivity index (χ1n) is 8.97. The maximum atomic E-state index is 4.14. The Morgan fingerprint density at radius 2 is 1.56 bits per heavy atom. The van der Waals surface area contributed by atoms with Gasteiger partial charge in [-0.05, 0) is 45.4 Å². The van der Waals surface area contributed by atoms with E-state index in [9.17, 15) is 0 Å². The lowest BCUT2D eigenvalue weighted by atomic mass is 9.86. The Labute approximate surface area is 149 Å². The van der Waals surface area contributed by atoms with E-state index in [2.05, 4.69) is 91.5 Å². The van der Waals surface area contributed by atoms with Crippen LogP contribution in [0.5, 0.6) is 0 Å². The van der Waals surface area contributed by atoms with E-state index in [0.29, 0.717) is 11.8 Å². The quantitative estimate of drug-likeness (QED) is 0.494. The SMILES string of the molecule is C=CC1c2ccccc2-c2cccc(CC3C=Cc4ccccc43)c21. The zero-order valence-corrected chi connectivity index (χ0v) is 14.2. The van der Waals surface area contributed by atoms with Gasteiger partial charge >= 0.3 is 0 Å². The predicted octanol–water partition coefficient (Wildman–Crippen LogP) is 6.34. The molecule has 0 aliphatic heterocycles. The average molecular weight is 320 g/mol. The maximum absolute atomic E-state index is 4.14. The molecule has 0 radical (unpaired) electrons. The first-order chi connectivity index (χ1) is 12.4. The van der Waals surface area contributed by atoms with Crippen molar-refractivity contribution >= 4 is 6.08 Å². The molecule has 2 atom stereocenters. The van der Waals surface area contributed by atoms with Crippen LogP contribution in [0.1, 0.15) is 39.7 Å². The number of rotatable bonds is 3. The van der Waals surface area contributed by atoms with Crippen molar-refractivity contribution in [3.05, 3.63) is 113 Å². The summed E-state index contributed by atoms with van der Waals surface area (Å²) >= 11 is 0. The minimum Gasteiger partial charge on any atom is -0.102 e. The molecule has 0 nitrogen and oxygen atoms in total. The van der Waals surface area contributed by atoms with Gasteiger partial charge in [0.2, 0.25) is 0 Å². The molecule has 0 heteroatoms. The summed E-state index contributed by atoms with van der Waals surface area (Å²) in [5.41, 5.74) is 9.86. The normalized spacial score (nSPS) is 19.4. The van der Waals surface area contributed by atoms with E-state index < -0.39 is 0 Å². The molecule has 2 aliphatic carbocycles. The Morgan fingerprint density at radius 3 is 2.44 bits per heavy atom. The number of hydrogen-bond donors (Lipinski definition) is 0. The largest absolute Gasteiger partial charge is 0.102 e. The lowest BCUT2D eigenvalue weighted by molar-refractivity contribution is 0.834. The van der Waals surface area contributed by atoms with Crippen molar-refractivity contribution in [3.8, 4) is 11.1 Å². The van der Waals surface area contributed by atoms with Gasteiger partial charge in [-0.25, -0.2) is 0 Å². The van der Waals surface area contributed by atoms with Crippen LogP contribution in [0.3, 0.4) is 0 Å². The highest BCUT2D eigenvalue weighted by Crippen LogP contribution is 2.47. The zero-order valence-electron chi connectivity index (χ0n) is 14.2. The smallest absolute Gasteiger partial charge is 0.0282 e. The van der Waals surface area contributed by atoms with Crippen molar-refractivity contribution in [2.45, 2.75) is 18.3 Å². The number of allylic oxidation sites excluding steroid dienone is 2. The first-order valence-corrected chi connectivity index (χ1v) is 8.97. The number of benzene rings is 3. The highest BCUT2D eigenvalue weighted by Gasteiger charge is 2.29. The summed E-state index contributed by atoms with van der Waals surface area (Å²) in [5, 5.41) is 0. The highest BCUT2D eigenvalue weighted by atomic mass is 14.3. The fourth-order valence-corrected chi connectivity index (χ4v) is 4.55. The maximum Gasteiger partial charge on any atom is 0.0282 e. The van der Waals surface area contributed by atoms with Gasteiger partial charge in [0.25, 0.3) is 0 Å². The molecule has 120 valence electrons. The van der Waals surface area contributed by atoms with Gasteiger partial charge in [-0.2, -0.15) is 0 Å². The van der Waals surface area contributed by atoms with E-state index in [1.54, 1.807) is 0 Å². The van der Waals surface area contributed by atoms with E-state index in [-0.39, 0.29) is 0 Å². The Morgan fingerprint density at radius 1 is 0.800 bits per heavy atom. The van der Waals surface area contributed by atoms with Gasteiger partial charge < -0.3 is 0 Å². The van der Waals surface area contributed by atoms with Gasteiger partial charge in [0.05, 0.1) is 0 Å². The molecular formula is C25H20. The van der Waals surface area contributed by atoms with Gasteiger partial charge in [0.1, 0.15) is 0 Å². The van der Waals surface area contributed by atoms with Crippen molar-refractivity contribution in [2.75, 3.05) is 0 Å². The summed E-state index contributed by atoms with van der Waals surface area (Å²) in [7, 11) is 0. The molecule has 2 aliphatic rings. The number of fused-ring (bicyclic) bond motifs is 4. The lowest BCUT2D eigenvalue weighted by Crippen LogP contribution is -2.03. The van der Waals surface area contributed by atoms with Crippen molar-refractivity contribution in [2.24, 2.45) is 0 Å². The Bertz CT molecular complexity index is 1010. The second-order valence-electron chi connectivity index (χ2n) is 6.98. The molecule has 0 fully saturated rings. The van der Waals surface area contributed by atoms with Gasteiger partial charge in [0.15, 0.2) is 0 Å². The fraction of sp³-hybridized carbons (Fsp3) is 0.120. The molecule has 2 unspecified atom stereocenters. The van der Waals surface area contributed by atoms with Crippen molar-refractivity contribution in [1.82, 2.24) is 0 Å². The van der Waals surface area contributed by atoms with E-state index >= 15 is 0 Å². The van der Waals surface area contributed by atoms with Crippen LogP contribution in [0.25, 0.3) is 17.2 Å². The van der Waals surface area contributed by atoms with E-state index in [4.69, 9.17) is 0 Å². The summed E-state index contributed by atoms with van der Waals surface area (Å²) in [6.45, 7) is 4.14. The van der Waals surface area contributed by atoms with E-state index in [1.165, 1.54) is 38.9 Å². The zero-order chi connectivity index (χ0) is 16.8. The summed E-state index contributed by atoms with van der Waals surface area (Å²) in [6, 6.07) is 24.3. The van der Waals surface area contributed by atoms with Gasteiger partial charge in [-0.1, -0.05) is 85.0 Å². The molecule has 0 spiro atoms. The molecule has 0 saturated carbocycles. The van der Waals surface area contributed by atoms with Crippen LogP contribution in [0.15, 0.2) is 85.5 Å². The number of hydrogen-bond acceptors (Lipinski definition) is 0. The molecule has 5 rings (SSSR count). The summed E-state index contributed by atoms with van der Waals surface area (Å²) in [5.74, 6) is 0.778. The fourth-order valence-electron chi connectivity index (χ4n) is 4.55. The monoisotopic (exact) mass is 320 g/mol. The van der Waals surface area contributed by atoms with E-state index in [1.807, 2.05) is 0 Å². The highest BCUT2D eigenvalue weighted by molar-refractivity contribution is 5.81. The minimum atomic E-state index is 0.308. The Kier molecular flexibility index (Phi) is 3.24. The molecule has 0 amide bonds. The van der Waals surface area contributed by atoms with Crippen LogP contribution in [-0.2, 0) is 6.42 Å². The standard InChI is InChI=1S/C25H20/c1-2-20-22-11-5-6-12-23(22)24-13-7-9-19(25(20)24)16-18-15-14-17-8-3-4-10-21(17)18/h2-15,18,20H,1,16H2. The molecule has 3 aromatic carbocycles. The van der Waals surface area contributed by atoms with Crippen molar-refractivity contribution < 1.29 is 0 Å². The Balaban J connectivity index is 1.60. The second kappa shape index (κ2) is 5.60. The minimum absolute atomic E-state index is 0.308. The molecule has 0 heterocycles. The second-order valence-corrected chi connectivity index (χ2v) is 6.98. The van der Waals surface area contributed by atoms with Crippen molar-refractivity contribution in [1.29, 1.82) is 0 Å². The average Bonchev–Trinajstić information content (AvgIpc) is 3.21. The molecule has 3 aromatic rings. The van der Waals surface area contributed by atoms with Crippen LogP contribution in [0, 0.1) is 0 Å². The third kappa shape index (κ3) is 2.14. The van der Waals surface area contributed by atoms with Crippen LogP contribution < -0.4 is 0 Å². The third-order valence-corrected chi connectivity index (χ3v) is 5.67. The molecule has 0 bridgehead atoms. The molecule has 0 N–H and O–H groups in total. The van der Waals surface area contributed by atoms with Crippen LogP contribution >= 0.6 is 0 Å². The summed E-state index contributed by atoms with van der Waals surface area (Å²) < 4.78 is 0. The third-order valence-electron chi connectivity index (χ3n) is 5.67. The summed E-state index contributed by atoms with van der Waals surface area (Å²) in [6.07, 6.45) is 7.78. The Hall–Kier alpha value is -2.86. The van der Waals surface area contributed by atoms with Crippen LogP contribution in [0.2, 0.25) is 0 Å². The first kappa shape index (κ1) is 14.5. The summed E-state index contributed by atoms with van der Waals surface area (Å²) in [4.78, 5) is 0. The molecule has 25 heavy (non-hydrogen) atoms. The van der Waals surface area contributed by atoms with Gasteiger partial charge in [0, 0.05) is 11.8 Å².